The lowest BCUT2D eigenvalue weighted by Gasteiger charge is -2.16. The van der Waals surface area contributed by atoms with Crippen molar-refractivity contribution in [1.29, 1.82) is 0 Å². The molecule has 152 valence electrons. The molecular formula is C23H27N3O3. The molecule has 3 N–H and O–H groups in total. The number of carbonyl (C=O) groups is 1. The topological polar surface area (TPSA) is 87.4 Å². The van der Waals surface area contributed by atoms with Crippen LogP contribution in [-0.2, 0) is 13.5 Å². The van der Waals surface area contributed by atoms with Crippen LogP contribution in [-0.4, -0.2) is 31.7 Å². The molecule has 1 aromatic heterocycles. The van der Waals surface area contributed by atoms with Crippen LogP contribution in [0.4, 0.5) is 0 Å². The van der Waals surface area contributed by atoms with E-state index in [0.29, 0.717) is 29.5 Å². The van der Waals surface area contributed by atoms with E-state index in [1.165, 1.54) is 0 Å². The summed E-state index contributed by atoms with van der Waals surface area (Å²) in [4.78, 5) is 17.3. The van der Waals surface area contributed by atoms with Crippen LogP contribution in [0, 0.1) is 13.8 Å². The number of hydrogen-bond donors (Lipinski definition) is 3. The minimum atomic E-state index is -0.670. The lowest BCUT2D eigenvalue weighted by atomic mass is 9.94. The molecule has 1 fully saturated rings. The number of imidazole rings is 1. The maximum atomic E-state index is 12.9. The maximum Gasteiger partial charge on any atom is 0.251 e. The third-order valence-corrected chi connectivity index (χ3v) is 5.85. The van der Waals surface area contributed by atoms with Crippen molar-refractivity contribution in [1.82, 2.24) is 14.9 Å². The predicted octanol–water partition coefficient (Wildman–Crippen LogP) is 3.45. The van der Waals surface area contributed by atoms with Gasteiger partial charge in [-0.15, -0.1) is 0 Å². The van der Waals surface area contributed by atoms with E-state index < -0.39 is 6.10 Å². The molecule has 6 nitrogen and oxygen atoms in total. The van der Waals surface area contributed by atoms with E-state index in [1.807, 2.05) is 55.8 Å². The van der Waals surface area contributed by atoms with E-state index in [1.54, 1.807) is 0 Å². The number of aliphatic hydroxyl groups excluding tert-OH is 1. The Morgan fingerprint density at radius 1 is 1.31 bits per heavy atom. The van der Waals surface area contributed by atoms with Crippen LogP contribution < -0.4 is 5.32 Å². The number of rotatable bonds is 6. The zero-order valence-electron chi connectivity index (χ0n) is 17.1. The first-order valence-electron chi connectivity index (χ1n) is 10.1. The summed E-state index contributed by atoms with van der Waals surface area (Å²) < 4.78 is 1.87. The number of aromatic nitrogens is 2. The molecule has 1 atom stereocenters. The van der Waals surface area contributed by atoms with Gasteiger partial charge in [-0.1, -0.05) is 24.3 Å². The number of aliphatic hydroxyl groups is 1. The average molecular weight is 393 g/mol. The first-order chi connectivity index (χ1) is 13.9. The average Bonchev–Trinajstić information content (AvgIpc) is 3.46. The first-order valence-corrected chi connectivity index (χ1v) is 10.1. The standard InChI is InChI=1S/C23H27N3O3/c1-13-6-4-5-7-16(13)20(27)11-10-17-18(23(29)25-15-8-9-15)12-19-21(22(17)28)24-14(2)26(19)3/h4-7,12,15,20,27-28H,8-11H2,1-3H3,(H,25,29). The van der Waals surface area contributed by atoms with Crippen LogP contribution in [0.15, 0.2) is 30.3 Å². The fraction of sp³-hybridized carbons (Fsp3) is 0.391. The summed E-state index contributed by atoms with van der Waals surface area (Å²) in [6.07, 6.45) is 2.09. The fourth-order valence-corrected chi connectivity index (χ4v) is 3.80. The summed E-state index contributed by atoms with van der Waals surface area (Å²) in [5, 5.41) is 24.7. The van der Waals surface area contributed by atoms with Crippen LogP contribution in [0.3, 0.4) is 0 Å². The highest BCUT2D eigenvalue weighted by Gasteiger charge is 2.27. The van der Waals surface area contributed by atoms with E-state index in [0.717, 1.165) is 35.3 Å². The number of phenolic OH excluding ortho intramolecular Hbond substituents is 1. The van der Waals surface area contributed by atoms with Crippen molar-refractivity contribution in [2.45, 2.75) is 51.7 Å². The minimum Gasteiger partial charge on any atom is -0.505 e. The Morgan fingerprint density at radius 3 is 2.72 bits per heavy atom. The van der Waals surface area contributed by atoms with E-state index in [2.05, 4.69) is 10.3 Å². The molecule has 1 saturated carbocycles. The summed E-state index contributed by atoms with van der Waals surface area (Å²) in [6.45, 7) is 3.83. The molecule has 1 aliphatic rings. The Hall–Kier alpha value is -2.86. The van der Waals surface area contributed by atoms with Gasteiger partial charge >= 0.3 is 0 Å². The largest absolute Gasteiger partial charge is 0.505 e. The van der Waals surface area contributed by atoms with E-state index >= 15 is 0 Å². The van der Waals surface area contributed by atoms with Gasteiger partial charge in [-0.3, -0.25) is 4.79 Å². The number of amides is 1. The van der Waals surface area contributed by atoms with Gasteiger partial charge in [0.25, 0.3) is 5.91 Å². The highest BCUT2D eigenvalue weighted by atomic mass is 16.3. The number of nitrogens with zero attached hydrogens (tertiary/aromatic N) is 2. The monoisotopic (exact) mass is 393 g/mol. The highest BCUT2D eigenvalue weighted by Crippen LogP contribution is 2.34. The zero-order valence-corrected chi connectivity index (χ0v) is 17.1. The Balaban J connectivity index is 1.70. The molecule has 0 saturated heterocycles. The van der Waals surface area contributed by atoms with Crippen molar-refractivity contribution in [3.8, 4) is 5.75 Å². The Kier molecular flexibility index (Phi) is 5.04. The van der Waals surface area contributed by atoms with Crippen LogP contribution in [0.2, 0.25) is 0 Å². The van der Waals surface area contributed by atoms with Crippen LogP contribution in [0.5, 0.6) is 5.75 Å². The minimum absolute atomic E-state index is 0.0316. The zero-order chi connectivity index (χ0) is 20.7. The molecule has 29 heavy (non-hydrogen) atoms. The number of benzene rings is 2. The number of aromatic hydroxyl groups is 1. The second kappa shape index (κ2) is 7.52. The smallest absolute Gasteiger partial charge is 0.251 e. The molecule has 1 aliphatic carbocycles. The molecule has 6 heteroatoms. The number of fused-ring (bicyclic) bond motifs is 1. The third kappa shape index (κ3) is 3.72. The number of phenols is 1. The number of aryl methyl sites for hydroxylation is 3. The van der Waals surface area contributed by atoms with Crippen molar-refractivity contribution in [3.63, 3.8) is 0 Å². The number of carbonyl (C=O) groups excluding carboxylic acids is 1. The molecule has 0 radical (unpaired) electrons. The molecule has 1 heterocycles. The van der Waals surface area contributed by atoms with E-state index in [-0.39, 0.29) is 17.7 Å². The summed E-state index contributed by atoms with van der Waals surface area (Å²) in [6, 6.07) is 9.75. The van der Waals surface area contributed by atoms with Gasteiger partial charge in [-0.25, -0.2) is 4.98 Å². The third-order valence-electron chi connectivity index (χ3n) is 5.85. The summed E-state index contributed by atoms with van der Waals surface area (Å²) in [5.74, 6) is 0.619. The van der Waals surface area contributed by atoms with E-state index in [9.17, 15) is 15.0 Å². The van der Waals surface area contributed by atoms with Crippen molar-refractivity contribution in [3.05, 3.63) is 58.4 Å². The molecular weight excluding hydrogens is 366 g/mol. The van der Waals surface area contributed by atoms with Gasteiger partial charge in [0.1, 0.15) is 17.1 Å². The van der Waals surface area contributed by atoms with Crippen molar-refractivity contribution >= 4 is 16.9 Å². The predicted molar refractivity (Wildman–Crippen MR) is 112 cm³/mol. The Bertz CT molecular complexity index is 1080. The fourth-order valence-electron chi connectivity index (χ4n) is 3.80. The lowest BCUT2D eigenvalue weighted by molar-refractivity contribution is 0.0949. The van der Waals surface area contributed by atoms with Crippen LogP contribution >= 0.6 is 0 Å². The molecule has 0 bridgehead atoms. The number of nitrogens with one attached hydrogen (secondary N) is 1. The maximum absolute atomic E-state index is 12.9. The van der Waals surface area contributed by atoms with Crippen molar-refractivity contribution in [2.75, 3.05) is 0 Å². The number of hydrogen-bond acceptors (Lipinski definition) is 4. The molecule has 0 spiro atoms. The molecule has 1 unspecified atom stereocenters. The van der Waals surface area contributed by atoms with Gasteiger partial charge in [-0.2, -0.15) is 0 Å². The summed E-state index contributed by atoms with van der Waals surface area (Å²) in [7, 11) is 1.87. The molecule has 1 amide bonds. The second-order valence-corrected chi connectivity index (χ2v) is 8.00. The van der Waals surface area contributed by atoms with Gasteiger partial charge in [0.15, 0.2) is 0 Å². The van der Waals surface area contributed by atoms with Gasteiger partial charge in [-0.05, 0) is 56.7 Å². The van der Waals surface area contributed by atoms with Crippen LogP contribution in [0.25, 0.3) is 11.0 Å². The molecule has 2 aromatic carbocycles. The highest BCUT2D eigenvalue weighted by molar-refractivity contribution is 6.01. The quantitative estimate of drug-likeness (QED) is 0.599. The second-order valence-electron chi connectivity index (χ2n) is 8.00. The van der Waals surface area contributed by atoms with Gasteiger partial charge in [0.2, 0.25) is 0 Å². The Morgan fingerprint density at radius 2 is 2.03 bits per heavy atom. The summed E-state index contributed by atoms with van der Waals surface area (Å²) >= 11 is 0. The van der Waals surface area contributed by atoms with Gasteiger partial charge < -0.3 is 20.1 Å². The van der Waals surface area contributed by atoms with Crippen molar-refractivity contribution in [2.24, 2.45) is 7.05 Å². The molecule has 3 aromatic rings. The SMILES string of the molecule is Cc1ccccc1C(O)CCc1c(C(=O)NC2CC2)cc2c(nc(C)n2C)c1O. The van der Waals surface area contributed by atoms with Gasteiger partial charge in [0, 0.05) is 24.2 Å². The van der Waals surface area contributed by atoms with Crippen LogP contribution in [0.1, 0.15) is 58.2 Å². The van der Waals surface area contributed by atoms with Crippen molar-refractivity contribution < 1.29 is 15.0 Å². The first kappa shape index (κ1) is 19.5. The molecule has 4 rings (SSSR count). The lowest BCUT2D eigenvalue weighted by Crippen LogP contribution is -2.26. The molecule has 0 aliphatic heterocycles. The van der Waals surface area contributed by atoms with Gasteiger partial charge in [0.05, 0.1) is 11.6 Å². The summed E-state index contributed by atoms with van der Waals surface area (Å²) in [5.41, 5.74) is 4.11. The van der Waals surface area contributed by atoms with E-state index in [4.69, 9.17) is 0 Å². The Labute approximate surface area is 170 Å². The normalized spacial score (nSPS) is 14.9.